The third kappa shape index (κ3) is 5.04. The van der Waals surface area contributed by atoms with Crippen LogP contribution in [0, 0.1) is 0 Å². The molecule has 0 fully saturated rings. The Morgan fingerprint density at radius 1 is 1.04 bits per heavy atom. The van der Waals surface area contributed by atoms with E-state index >= 15 is 0 Å². The molecule has 6 nitrogen and oxygen atoms in total. The number of rotatable bonds is 7. The van der Waals surface area contributed by atoms with Crippen LogP contribution in [0.15, 0.2) is 67.0 Å². The van der Waals surface area contributed by atoms with E-state index in [1.165, 1.54) is 6.20 Å². The fourth-order valence-electron chi connectivity index (χ4n) is 2.34. The van der Waals surface area contributed by atoms with E-state index in [-0.39, 0.29) is 11.6 Å². The first kappa shape index (κ1) is 18.4. The molecule has 1 aromatic heterocycles. The lowest BCUT2D eigenvalue weighted by Gasteiger charge is -2.13. The first-order valence-corrected chi connectivity index (χ1v) is 8.87. The number of ether oxygens (including phenoxy) is 1. The van der Waals surface area contributed by atoms with Crippen molar-refractivity contribution < 1.29 is 9.53 Å². The minimum Gasteiger partial charge on any atom is -0.455 e. The van der Waals surface area contributed by atoms with Gasteiger partial charge < -0.3 is 15.4 Å². The maximum Gasteiger partial charge on any atom is 0.275 e. The molecule has 0 radical (unpaired) electrons. The minimum atomic E-state index is -0.346. The number of hydrogen-bond acceptors (Lipinski definition) is 5. The van der Waals surface area contributed by atoms with Crippen molar-refractivity contribution in [3.8, 4) is 11.5 Å². The molecule has 3 rings (SSSR count). The summed E-state index contributed by atoms with van der Waals surface area (Å²) in [6.07, 6.45) is 4.00. The normalized spacial score (nSPS) is 11.5. The maximum absolute atomic E-state index is 12.5. The molecule has 3 aromatic rings. The monoisotopic (exact) mass is 362 g/mol. The highest BCUT2D eigenvalue weighted by Gasteiger charge is 2.12. The van der Waals surface area contributed by atoms with Crippen LogP contribution in [0.4, 0.5) is 11.5 Å². The predicted octanol–water partition coefficient (Wildman–Crippen LogP) is 4.73. The van der Waals surface area contributed by atoms with E-state index in [1.807, 2.05) is 42.5 Å². The number of nitrogens with one attached hydrogen (secondary N) is 2. The molecular formula is C21H22N4O2. The van der Waals surface area contributed by atoms with E-state index in [0.29, 0.717) is 29.0 Å². The second-order valence-electron chi connectivity index (χ2n) is 6.11. The van der Waals surface area contributed by atoms with E-state index in [2.05, 4.69) is 34.4 Å². The number of anilines is 2. The first-order chi connectivity index (χ1) is 13.2. The molecular weight excluding hydrogens is 340 g/mol. The quantitative estimate of drug-likeness (QED) is 0.635. The largest absolute Gasteiger partial charge is 0.455 e. The summed E-state index contributed by atoms with van der Waals surface area (Å²) in [6, 6.07) is 17.0. The van der Waals surface area contributed by atoms with E-state index in [4.69, 9.17) is 4.74 Å². The summed E-state index contributed by atoms with van der Waals surface area (Å²) in [5.41, 5.74) is 0.800. The van der Waals surface area contributed by atoms with Crippen molar-refractivity contribution in [3.63, 3.8) is 0 Å². The van der Waals surface area contributed by atoms with E-state index in [1.54, 1.807) is 18.3 Å². The van der Waals surface area contributed by atoms with Crippen molar-refractivity contribution in [2.75, 3.05) is 10.6 Å². The van der Waals surface area contributed by atoms with Crippen molar-refractivity contribution in [1.29, 1.82) is 0 Å². The van der Waals surface area contributed by atoms with Gasteiger partial charge in [0.05, 0.1) is 18.1 Å². The van der Waals surface area contributed by atoms with Crippen molar-refractivity contribution in [2.45, 2.75) is 26.3 Å². The fraction of sp³-hybridized carbons (Fsp3) is 0.190. The Labute approximate surface area is 158 Å². The number of para-hydroxylation sites is 3. The van der Waals surface area contributed by atoms with Crippen LogP contribution in [0.25, 0.3) is 0 Å². The van der Waals surface area contributed by atoms with Gasteiger partial charge in [-0.15, -0.1) is 0 Å². The van der Waals surface area contributed by atoms with Gasteiger partial charge in [0.15, 0.2) is 5.75 Å². The molecule has 27 heavy (non-hydrogen) atoms. The second-order valence-corrected chi connectivity index (χ2v) is 6.11. The molecule has 1 atom stereocenters. The number of benzene rings is 2. The van der Waals surface area contributed by atoms with Gasteiger partial charge >= 0.3 is 0 Å². The van der Waals surface area contributed by atoms with Crippen LogP contribution in [0.5, 0.6) is 11.5 Å². The van der Waals surface area contributed by atoms with Crippen LogP contribution in [-0.4, -0.2) is 21.9 Å². The average molecular weight is 362 g/mol. The highest BCUT2D eigenvalue weighted by atomic mass is 16.5. The van der Waals surface area contributed by atoms with Gasteiger partial charge in [-0.25, -0.2) is 9.97 Å². The smallest absolute Gasteiger partial charge is 0.275 e. The summed E-state index contributed by atoms with van der Waals surface area (Å²) in [4.78, 5) is 21.0. The fourth-order valence-corrected chi connectivity index (χ4v) is 2.34. The van der Waals surface area contributed by atoms with Gasteiger partial charge in [0.25, 0.3) is 5.91 Å². The number of hydrogen-bond donors (Lipinski definition) is 2. The van der Waals surface area contributed by atoms with Gasteiger partial charge in [-0.05, 0) is 37.6 Å². The zero-order valence-corrected chi connectivity index (χ0v) is 15.3. The van der Waals surface area contributed by atoms with Gasteiger partial charge in [-0.2, -0.15) is 0 Å². The Kier molecular flexibility index (Phi) is 5.99. The zero-order valence-electron chi connectivity index (χ0n) is 15.3. The van der Waals surface area contributed by atoms with E-state index < -0.39 is 0 Å². The second kappa shape index (κ2) is 8.80. The molecule has 138 valence electrons. The van der Waals surface area contributed by atoms with Crippen LogP contribution in [-0.2, 0) is 0 Å². The molecule has 1 unspecified atom stereocenters. The highest BCUT2D eigenvalue weighted by molar-refractivity contribution is 6.03. The first-order valence-electron chi connectivity index (χ1n) is 8.87. The predicted molar refractivity (Wildman–Crippen MR) is 106 cm³/mol. The van der Waals surface area contributed by atoms with Crippen molar-refractivity contribution >= 4 is 17.4 Å². The molecule has 6 heteroatoms. The number of amides is 1. The molecule has 0 saturated carbocycles. The summed E-state index contributed by atoms with van der Waals surface area (Å²) in [5.74, 6) is 1.55. The molecule has 1 amide bonds. The Balaban J connectivity index is 1.71. The maximum atomic E-state index is 12.5. The summed E-state index contributed by atoms with van der Waals surface area (Å²) < 4.78 is 5.86. The Bertz CT molecular complexity index is 882. The summed E-state index contributed by atoms with van der Waals surface area (Å²) in [6.45, 7) is 4.15. The van der Waals surface area contributed by atoms with Crippen molar-refractivity contribution in [1.82, 2.24) is 9.97 Å². The van der Waals surface area contributed by atoms with E-state index in [9.17, 15) is 4.79 Å². The van der Waals surface area contributed by atoms with Crippen molar-refractivity contribution in [3.05, 3.63) is 72.7 Å². The van der Waals surface area contributed by atoms with E-state index in [0.717, 1.165) is 6.42 Å². The molecule has 0 bridgehead atoms. The summed E-state index contributed by atoms with van der Waals surface area (Å²) in [7, 11) is 0. The minimum absolute atomic E-state index is 0.235. The van der Waals surface area contributed by atoms with Gasteiger partial charge in [0, 0.05) is 6.04 Å². The number of aromatic nitrogens is 2. The highest BCUT2D eigenvalue weighted by Crippen LogP contribution is 2.29. The number of carbonyl (C=O) groups excluding carboxylic acids is 1. The molecule has 0 aliphatic rings. The van der Waals surface area contributed by atoms with Crippen molar-refractivity contribution in [2.24, 2.45) is 0 Å². The Morgan fingerprint density at radius 3 is 2.48 bits per heavy atom. The zero-order chi connectivity index (χ0) is 19.1. The van der Waals surface area contributed by atoms with Gasteiger partial charge in [0.1, 0.15) is 17.3 Å². The molecule has 0 saturated heterocycles. The Hall–Kier alpha value is -3.41. The third-order valence-corrected chi connectivity index (χ3v) is 4.00. The number of nitrogens with zero attached hydrogens (tertiary/aromatic N) is 2. The lowest BCUT2D eigenvalue weighted by Crippen LogP contribution is -2.17. The Morgan fingerprint density at radius 2 is 1.78 bits per heavy atom. The molecule has 0 spiro atoms. The summed E-state index contributed by atoms with van der Waals surface area (Å²) >= 11 is 0. The molecule has 0 aliphatic heterocycles. The SMILES string of the molecule is CCC(C)Nc1cnc(C(=O)Nc2ccccc2Oc2ccccc2)cn1. The standard InChI is InChI=1S/C21H22N4O2/c1-3-15(2)24-20-14-22-18(13-23-20)21(26)25-17-11-7-8-12-19(17)27-16-9-5-4-6-10-16/h4-15H,3H2,1-2H3,(H,23,24)(H,25,26). The van der Waals surface area contributed by atoms with Crippen LogP contribution in [0.1, 0.15) is 30.8 Å². The van der Waals surface area contributed by atoms with Crippen LogP contribution >= 0.6 is 0 Å². The summed E-state index contributed by atoms with van der Waals surface area (Å²) in [5, 5.41) is 6.05. The van der Waals surface area contributed by atoms with Crippen LogP contribution in [0.2, 0.25) is 0 Å². The topological polar surface area (TPSA) is 76.1 Å². The van der Waals surface area contributed by atoms with Crippen LogP contribution < -0.4 is 15.4 Å². The lowest BCUT2D eigenvalue weighted by atomic mass is 10.2. The average Bonchev–Trinajstić information content (AvgIpc) is 2.70. The molecule has 1 heterocycles. The lowest BCUT2D eigenvalue weighted by molar-refractivity contribution is 0.102. The van der Waals surface area contributed by atoms with Crippen LogP contribution in [0.3, 0.4) is 0 Å². The van der Waals surface area contributed by atoms with Gasteiger partial charge in [-0.3, -0.25) is 4.79 Å². The number of carbonyl (C=O) groups is 1. The van der Waals surface area contributed by atoms with Gasteiger partial charge in [-0.1, -0.05) is 37.3 Å². The molecule has 0 aliphatic carbocycles. The van der Waals surface area contributed by atoms with Gasteiger partial charge in [0.2, 0.25) is 0 Å². The molecule has 2 aromatic carbocycles. The third-order valence-electron chi connectivity index (χ3n) is 4.00. The molecule has 2 N–H and O–H groups in total.